The van der Waals surface area contributed by atoms with E-state index in [4.69, 9.17) is 34.8 Å². The molecule has 0 saturated carbocycles. The van der Waals surface area contributed by atoms with Gasteiger partial charge in [0.25, 0.3) is 5.91 Å². The van der Waals surface area contributed by atoms with Gasteiger partial charge in [0.15, 0.2) is 0 Å². The zero-order valence-electron chi connectivity index (χ0n) is 20.4. The molecule has 192 valence electrons. The summed E-state index contributed by atoms with van der Waals surface area (Å²) < 4.78 is 31.3. The fourth-order valence-electron chi connectivity index (χ4n) is 5.34. The van der Waals surface area contributed by atoms with E-state index in [2.05, 4.69) is 11.1 Å². The number of amides is 1. The van der Waals surface area contributed by atoms with Crippen LogP contribution in [0.5, 0.6) is 0 Å². The van der Waals surface area contributed by atoms with Crippen molar-refractivity contribution in [2.75, 3.05) is 6.54 Å². The molecule has 1 aromatic heterocycles. The highest BCUT2D eigenvalue weighted by Crippen LogP contribution is 2.56. The molecule has 0 radical (unpaired) electrons. The van der Waals surface area contributed by atoms with E-state index >= 15 is 8.78 Å². The third-order valence-electron chi connectivity index (χ3n) is 6.74. The third-order valence-corrected chi connectivity index (χ3v) is 7.49. The minimum absolute atomic E-state index is 0.0232. The Morgan fingerprint density at radius 3 is 2.49 bits per heavy atom. The van der Waals surface area contributed by atoms with Gasteiger partial charge >= 0.3 is 0 Å². The van der Waals surface area contributed by atoms with Crippen molar-refractivity contribution in [2.24, 2.45) is 11.3 Å². The summed E-state index contributed by atoms with van der Waals surface area (Å²) in [6.45, 7) is 6.06. The predicted octanol–water partition coefficient (Wildman–Crippen LogP) is 8.03. The van der Waals surface area contributed by atoms with Gasteiger partial charge in [0.1, 0.15) is 22.2 Å². The van der Waals surface area contributed by atoms with Gasteiger partial charge in [-0.05, 0) is 42.2 Å². The van der Waals surface area contributed by atoms with E-state index in [0.717, 1.165) is 6.07 Å². The number of nitriles is 1. The quantitative estimate of drug-likeness (QED) is 0.302. The van der Waals surface area contributed by atoms with Gasteiger partial charge in [0.2, 0.25) is 0 Å². The standard InChI is InChI=1S/C28H24Cl3F2N3O/c1-27(2,3)12-17-14-36(26(37)16-7-10-23(31)35-13-16)25(19-5-4-6-21(30)24(19)33)28(17,15-34)20-9-8-18(29)11-22(20)32/h4-11,13,17,25H,12,14H2,1-3H3/t17-,25-,28-/m1/s1. The summed E-state index contributed by atoms with van der Waals surface area (Å²) in [6.07, 6.45) is 1.77. The van der Waals surface area contributed by atoms with Crippen molar-refractivity contribution >= 4 is 40.7 Å². The maximum absolute atomic E-state index is 15.6. The molecule has 0 unspecified atom stereocenters. The monoisotopic (exact) mass is 561 g/mol. The van der Waals surface area contributed by atoms with Crippen LogP contribution in [-0.2, 0) is 5.41 Å². The van der Waals surface area contributed by atoms with E-state index < -0.39 is 34.9 Å². The number of halogens is 5. The third kappa shape index (κ3) is 5.05. The van der Waals surface area contributed by atoms with Gasteiger partial charge in [-0.3, -0.25) is 4.79 Å². The number of hydrogen-bond acceptors (Lipinski definition) is 3. The fourth-order valence-corrected chi connectivity index (χ4v) is 5.79. The Labute approximate surface area is 229 Å². The second-order valence-corrected chi connectivity index (χ2v) is 11.7. The van der Waals surface area contributed by atoms with Crippen molar-refractivity contribution in [1.29, 1.82) is 5.26 Å². The lowest BCUT2D eigenvalue weighted by Crippen LogP contribution is -2.41. The number of carbonyl (C=O) groups is 1. The van der Waals surface area contributed by atoms with E-state index in [0.29, 0.717) is 6.42 Å². The maximum Gasteiger partial charge on any atom is 0.256 e. The fraction of sp³-hybridized carbons (Fsp3) is 0.321. The molecule has 3 atom stereocenters. The number of nitrogens with zero attached hydrogens (tertiary/aromatic N) is 3. The van der Waals surface area contributed by atoms with Crippen LogP contribution in [0.2, 0.25) is 15.2 Å². The summed E-state index contributed by atoms with van der Waals surface area (Å²) in [6, 6.07) is 12.6. The molecule has 2 aromatic carbocycles. The minimum Gasteiger partial charge on any atom is -0.329 e. The summed E-state index contributed by atoms with van der Waals surface area (Å²) in [7, 11) is 0. The normalized spacial score (nSPS) is 21.6. The molecule has 0 spiro atoms. The van der Waals surface area contributed by atoms with Crippen LogP contribution < -0.4 is 0 Å². The number of likely N-dealkylation sites (tertiary alicyclic amines) is 1. The number of rotatable bonds is 4. The van der Waals surface area contributed by atoms with E-state index in [-0.39, 0.29) is 43.8 Å². The highest BCUT2D eigenvalue weighted by atomic mass is 35.5. The molecule has 37 heavy (non-hydrogen) atoms. The molecule has 3 aromatic rings. The van der Waals surface area contributed by atoms with Crippen molar-refractivity contribution in [3.63, 3.8) is 0 Å². The molecule has 0 aliphatic carbocycles. The van der Waals surface area contributed by atoms with Crippen molar-refractivity contribution in [1.82, 2.24) is 9.88 Å². The summed E-state index contributed by atoms with van der Waals surface area (Å²) in [5, 5.41) is 11.1. The largest absolute Gasteiger partial charge is 0.329 e. The van der Waals surface area contributed by atoms with Crippen LogP contribution in [0, 0.1) is 34.3 Å². The second kappa shape index (κ2) is 10.2. The lowest BCUT2D eigenvalue weighted by Gasteiger charge is -2.38. The summed E-state index contributed by atoms with van der Waals surface area (Å²) in [5.74, 6) is -2.52. The second-order valence-electron chi connectivity index (χ2n) is 10.4. The molecule has 9 heteroatoms. The number of pyridine rings is 1. The first kappa shape index (κ1) is 27.3. The molecular weight excluding hydrogens is 539 g/mol. The van der Waals surface area contributed by atoms with Crippen LogP contribution in [0.3, 0.4) is 0 Å². The van der Waals surface area contributed by atoms with Gasteiger partial charge in [-0.1, -0.05) is 73.8 Å². The van der Waals surface area contributed by atoms with E-state index in [9.17, 15) is 10.1 Å². The van der Waals surface area contributed by atoms with Crippen molar-refractivity contribution in [3.05, 3.63) is 98.3 Å². The molecule has 4 nitrogen and oxygen atoms in total. The summed E-state index contributed by atoms with van der Waals surface area (Å²) in [4.78, 5) is 19.3. The first-order chi connectivity index (χ1) is 17.4. The summed E-state index contributed by atoms with van der Waals surface area (Å²) >= 11 is 18.1. The summed E-state index contributed by atoms with van der Waals surface area (Å²) in [5.41, 5.74) is -1.67. The number of aromatic nitrogens is 1. The van der Waals surface area contributed by atoms with Crippen LogP contribution in [0.15, 0.2) is 54.7 Å². The molecular formula is C28H24Cl3F2N3O. The highest BCUT2D eigenvalue weighted by Gasteiger charge is 2.60. The van der Waals surface area contributed by atoms with Gasteiger partial charge in [0.05, 0.1) is 22.7 Å². The van der Waals surface area contributed by atoms with Gasteiger partial charge in [0, 0.05) is 34.8 Å². The number of benzene rings is 2. The molecule has 1 aliphatic rings. The molecule has 1 amide bonds. The SMILES string of the molecule is CC(C)(C)C[C@@H]1CN(C(=O)c2ccc(Cl)nc2)[C@H](c2cccc(Cl)c2F)[C@@]1(C#N)c1ccc(Cl)cc1F. The van der Waals surface area contributed by atoms with Gasteiger partial charge in [-0.25, -0.2) is 13.8 Å². The van der Waals surface area contributed by atoms with Gasteiger partial charge < -0.3 is 4.90 Å². The predicted molar refractivity (Wildman–Crippen MR) is 141 cm³/mol. The van der Waals surface area contributed by atoms with Crippen LogP contribution in [0.1, 0.15) is 54.7 Å². The van der Waals surface area contributed by atoms with E-state index in [1.54, 1.807) is 6.07 Å². The molecule has 0 N–H and O–H groups in total. The maximum atomic E-state index is 15.6. The topological polar surface area (TPSA) is 57.0 Å². The highest BCUT2D eigenvalue weighted by molar-refractivity contribution is 6.31. The number of carbonyl (C=O) groups excluding carboxylic acids is 1. The van der Waals surface area contributed by atoms with E-state index in [1.807, 2.05) is 20.8 Å². The molecule has 2 heterocycles. The average Bonchev–Trinajstić information content (AvgIpc) is 3.13. The Morgan fingerprint density at radius 2 is 1.89 bits per heavy atom. The van der Waals surface area contributed by atoms with Crippen LogP contribution in [0.25, 0.3) is 0 Å². The zero-order chi connectivity index (χ0) is 27.1. The smallest absolute Gasteiger partial charge is 0.256 e. The molecule has 1 saturated heterocycles. The molecule has 1 aliphatic heterocycles. The number of hydrogen-bond donors (Lipinski definition) is 0. The van der Waals surface area contributed by atoms with Crippen molar-refractivity contribution in [3.8, 4) is 6.07 Å². The Balaban J connectivity index is 2.03. The molecule has 1 fully saturated rings. The Hall–Kier alpha value is -2.72. The van der Waals surface area contributed by atoms with Crippen LogP contribution >= 0.6 is 34.8 Å². The Kier molecular flexibility index (Phi) is 7.54. The zero-order valence-corrected chi connectivity index (χ0v) is 22.7. The van der Waals surface area contributed by atoms with Gasteiger partial charge in [-0.15, -0.1) is 0 Å². The first-order valence-electron chi connectivity index (χ1n) is 11.6. The van der Waals surface area contributed by atoms with Crippen LogP contribution in [-0.4, -0.2) is 22.3 Å². The lowest BCUT2D eigenvalue weighted by molar-refractivity contribution is 0.0712. The molecule has 0 bridgehead atoms. The van der Waals surface area contributed by atoms with Gasteiger partial charge in [-0.2, -0.15) is 5.26 Å². The minimum atomic E-state index is -1.65. The van der Waals surface area contributed by atoms with E-state index in [1.165, 1.54) is 47.5 Å². The Bertz CT molecular complexity index is 1380. The Morgan fingerprint density at radius 1 is 1.16 bits per heavy atom. The molecule has 4 rings (SSSR count). The average molecular weight is 563 g/mol. The lowest BCUT2D eigenvalue weighted by atomic mass is 9.63. The van der Waals surface area contributed by atoms with Crippen LogP contribution in [0.4, 0.5) is 8.78 Å². The first-order valence-corrected chi connectivity index (χ1v) is 12.8. The van der Waals surface area contributed by atoms with Crippen molar-refractivity contribution in [2.45, 2.75) is 38.6 Å². The van der Waals surface area contributed by atoms with Crippen molar-refractivity contribution < 1.29 is 13.6 Å².